The molecule has 0 radical (unpaired) electrons. The smallest absolute Gasteiger partial charge is 0.147 e. The maximum Gasteiger partial charge on any atom is 0.147 e. The molecular formula is C8H16O4. The molecule has 0 heterocycles. The molecule has 0 aliphatic carbocycles. The minimum atomic E-state index is -0.695. The first-order valence-electron chi connectivity index (χ1n) is 3.70. The molecule has 2 atom stereocenters. The van der Waals surface area contributed by atoms with Crippen LogP contribution in [-0.4, -0.2) is 42.9 Å². The van der Waals surface area contributed by atoms with Gasteiger partial charge >= 0.3 is 0 Å². The fourth-order valence-corrected chi connectivity index (χ4v) is 0.830. The van der Waals surface area contributed by atoms with Crippen LogP contribution in [0.5, 0.6) is 0 Å². The van der Waals surface area contributed by atoms with Crippen molar-refractivity contribution < 1.29 is 19.7 Å². The Hall–Kier alpha value is -0.420. The van der Waals surface area contributed by atoms with Crippen molar-refractivity contribution >= 4 is 0 Å². The molecule has 0 amide bonds. The highest BCUT2D eigenvalue weighted by molar-refractivity contribution is 5.04. The quantitative estimate of drug-likeness (QED) is 0.438. The summed E-state index contributed by atoms with van der Waals surface area (Å²) in [5, 5.41) is 17.9. The van der Waals surface area contributed by atoms with E-state index in [1.54, 1.807) is 6.92 Å². The lowest BCUT2D eigenvalue weighted by Gasteiger charge is -2.20. The zero-order valence-corrected chi connectivity index (χ0v) is 7.49. The van der Waals surface area contributed by atoms with E-state index in [4.69, 9.17) is 9.84 Å². The van der Waals surface area contributed by atoms with Crippen LogP contribution in [0.2, 0.25) is 0 Å². The van der Waals surface area contributed by atoms with Gasteiger partial charge in [0.2, 0.25) is 0 Å². The molecule has 4 nitrogen and oxygen atoms in total. The van der Waals surface area contributed by atoms with Crippen molar-refractivity contribution in [3.05, 3.63) is 12.2 Å². The Morgan fingerprint density at radius 1 is 1.58 bits per heavy atom. The largest absolute Gasteiger partial charge is 0.392 e. The Labute approximate surface area is 72.4 Å². The summed E-state index contributed by atoms with van der Waals surface area (Å²) in [7, 11) is 1.49. The first-order chi connectivity index (χ1) is 5.63. The molecule has 0 aromatic heterocycles. The molecule has 0 aromatic rings. The number of aliphatic hydroxyl groups excluding tert-OH is 2. The zero-order chi connectivity index (χ0) is 9.56. The lowest BCUT2D eigenvalue weighted by molar-refractivity contribution is -0.0953. The van der Waals surface area contributed by atoms with Gasteiger partial charge in [-0.05, 0) is 12.5 Å². The molecule has 0 aliphatic rings. The molecule has 12 heavy (non-hydrogen) atoms. The number of rotatable bonds is 6. The molecule has 0 saturated heterocycles. The van der Waals surface area contributed by atoms with Crippen LogP contribution in [0.4, 0.5) is 0 Å². The predicted octanol–water partition coefficient (Wildman–Crippen LogP) is -0.0952. The SMILES string of the molecule is C=C(CO)[C@H](OCOC)[C@@H](C)O. The van der Waals surface area contributed by atoms with Gasteiger partial charge in [-0.3, -0.25) is 0 Å². The number of ether oxygens (including phenoxy) is 2. The third-order valence-corrected chi connectivity index (χ3v) is 1.41. The van der Waals surface area contributed by atoms with E-state index in [9.17, 15) is 5.11 Å². The average Bonchev–Trinajstić information content (AvgIpc) is 2.04. The highest BCUT2D eigenvalue weighted by atomic mass is 16.7. The molecule has 0 spiro atoms. The number of aliphatic hydroxyl groups is 2. The van der Waals surface area contributed by atoms with Gasteiger partial charge in [0, 0.05) is 7.11 Å². The van der Waals surface area contributed by atoms with E-state index in [0.29, 0.717) is 5.57 Å². The Balaban J connectivity index is 3.95. The van der Waals surface area contributed by atoms with Gasteiger partial charge in [0.05, 0.1) is 12.7 Å². The zero-order valence-electron chi connectivity index (χ0n) is 7.49. The Bertz CT molecular complexity index is 133. The van der Waals surface area contributed by atoms with E-state index in [1.165, 1.54) is 7.11 Å². The Kier molecular flexibility index (Phi) is 5.92. The molecule has 0 aliphatic heterocycles. The first kappa shape index (κ1) is 11.6. The summed E-state index contributed by atoms with van der Waals surface area (Å²) < 4.78 is 9.73. The van der Waals surface area contributed by atoms with Gasteiger partial charge in [-0.2, -0.15) is 0 Å². The topological polar surface area (TPSA) is 58.9 Å². The van der Waals surface area contributed by atoms with Gasteiger partial charge in [-0.15, -0.1) is 0 Å². The molecule has 0 bridgehead atoms. The van der Waals surface area contributed by atoms with Crippen LogP contribution in [0.25, 0.3) is 0 Å². The average molecular weight is 176 g/mol. The number of hydrogen-bond acceptors (Lipinski definition) is 4. The van der Waals surface area contributed by atoms with Gasteiger partial charge in [0.1, 0.15) is 12.9 Å². The lowest BCUT2D eigenvalue weighted by Crippen LogP contribution is -2.30. The van der Waals surface area contributed by atoms with Crippen molar-refractivity contribution in [1.82, 2.24) is 0 Å². The van der Waals surface area contributed by atoms with Crippen molar-refractivity contribution in [3.8, 4) is 0 Å². The summed E-state index contributed by atoms with van der Waals surface area (Å²) in [6, 6.07) is 0. The fourth-order valence-electron chi connectivity index (χ4n) is 0.830. The fraction of sp³-hybridized carbons (Fsp3) is 0.750. The van der Waals surface area contributed by atoms with Crippen molar-refractivity contribution in [2.75, 3.05) is 20.5 Å². The van der Waals surface area contributed by atoms with Crippen LogP contribution in [0.15, 0.2) is 12.2 Å². The van der Waals surface area contributed by atoms with Crippen molar-refractivity contribution in [1.29, 1.82) is 0 Å². The first-order valence-corrected chi connectivity index (χ1v) is 3.70. The normalized spacial score (nSPS) is 15.7. The predicted molar refractivity (Wildman–Crippen MR) is 44.7 cm³/mol. The minimum absolute atomic E-state index is 0.0780. The lowest BCUT2D eigenvalue weighted by atomic mass is 10.1. The van der Waals surface area contributed by atoms with E-state index in [2.05, 4.69) is 11.3 Å². The highest BCUT2D eigenvalue weighted by Gasteiger charge is 2.18. The third-order valence-electron chi connectivity index (χ3n) is 1.41. The molecular weight excluding hydrogens is 160 g/mol. The summed E-state index contributed by atoms with van der Waals surface area (Å²) in [5.74, 6) is 0. The summed E-state index contributed by atoms with van der Waals surface area (Å²) >= 11 is 0. The van der Waals surface area contributed by atoms with Gasteiger partial charge in [0.15, 0.2) is 0 Å². The third kappa shape index (κ3) is 3.82. The van der Waals surface area contributed by atoms with Crippen LogP contribution in [0, 0.1) is 0 Å². The molecule has 2 N–H and O–H groups in total. The summed E-state index contributed by atoms with van der Waals surface area (Å²) in [6.45, 7) is 5.01. The van der Waals surface area contributed by atoms with E-state index in [1.807, 2.05) is 0 Å². The van der Waals surface area contributed by atoms with Gasteiger partial charge in [-0.25, -0.2) is 0 Å². The molecule has 0 saturated carbocycles. The number of methoxy groups -OCH3 is 1. The van der Waals surface area contributed by atoms with Gasteiger partial charge in [-0.1, -0.05) is 6.58 Å². The van der Waals surface area contributed by atoms with Crippen LogP contribution in [-0.2, 0) is 9.47 Å². The van der Waals surface area contributed by atoms with Gasteiger partial charge < -0.3 is 19.7 Å². The summed E-state index contributed by atoms with van der Waals surface area (Å²) in [6.07, 6.45) is -1.25. The highest BCUT2D eigenvalue weighted by Crippen LogP contribution is 2.08. The number of hydrogen-bond donors (Lipinski definition) is 2. The van der Waals surface area contributed by atoms with E-state index < -0.39 is 12.2 Å². The van der Waals surface area contributed by atoms with E-state index >= 15 is 0 Å². The van der Waals surface area contributed by atoms with E-state index in [-0.39, 0.29) is 13.4 Å². The monoisotopic (exact) mass is 176 g/mol. The Morgan fingerprint density at radius 3 is 2.50 bits per heavy atom. The summed E-state index contributed by atoms with van der Waals surface area (Å²) in [5.41, 5.74) is 0.446. The minimum Gasteiger partial charge on any atom is -0.392 e. The van der Waals surface area contributed by atoms with Crippen molar-refractivity contribution in [3.63, 3.8) is 0 Å². The molecule has 4 heteroatoms. The standard InChI is InChI=1S/C8H16O4/c1-6(4-9)8(7(2)10)12-5-11-3/h7-10H,1,4-5H2,2-3H3/t7-,8+/m1/s1. The maximum absolute atomic E-state index is 9.19. The molecule has 0 unspecified atom stereocenters. The second-order valence-electron chi connectivity index (χ2n) is 2.55. The molecule has 0 fully saturated rings. The van der Waals surface area contributed by atoms with Crippen LogP contribution in [0.1, 0.15) is 6.92 Å². The molecule has 72 valence electrons. The van der Waals surface area contributed by atoms with Crippen LogP contribution in [0.3, 0.4) is 0 Å². The van der Waals surface area contributed by atoms with Gasteiger partial charge in [0.25, 0.3) is 0 Å². The molecule has 0 aromatic carbocycles. The van der Waals surface area contributed by atoms with Crippen LogP contribution < -0.4 is 0 Å². The van der Waals surface area contributed by atoms with Crippen molar-refractivity contribution in [2.45, 2.75) is 19.1 Å². The second kappa shape index (κ2) is 6.14. The second-order valence-corrected chi connectivity index (χ2v) is 2.55. The van der Waals surface area contributed by atoms with Crippen molar-refractivity contribution in [2.24, 2.45) is 0 Å². The molecule has 0 rings (SSSR count). The summed E-state index contributed by atoms with van der Waals surface area (Å²) in [4.78, 5) is 0. The van der Waals surface area contributed by atoms with Crippen LogP contribution >= 0.6 is 0 Å². The maximum atomic E-state index is 9.19. The van der Waals surface area contributed by atoms with E-state index in [0.717, 1.165) is 0 Å². The Morgan fingerprint density at radius 2 is 2.17 bits per heavy atom.